The number of methoxy groups -OCH3 is 1. The van der Waals surface area contributed by atoms with Gasteiger partial charge in [0.2, 0.25) is 5.88 Å². The van der Waals surface area contributed by atoms with Crippen molar-refractivity contribution in [2.45, 2.75) is 6.42 Å². The third kappa shape index (κ3) is 1.42. The van der Waals surface area contributed by atoms with E-state index < -0.39 is 0 Å². The molecular weight excluding hydrogens is 168 g/mol. The average Bonchev–Trinajstić information content (AvgIpc) is 2.16. The maximum absolute atomic E-state index is 10.9. The predicted octanol–water partition coefficient (Wildman–Crippen LogP) is -0.579. The highest BCUT2D eigenvalue weighted by molar-refractivity contribution is 5.82. The summed E-state index contributed by atoms with van der Waals surface area (Å²) >= 11 is 0. The zero-order valence-electron chi connectivity index (χ0n) is 7.15. The van der Waals surface area contributed by atoms with Crippen LogP contribution in [0.4, 0.5) is 0 Å². The first-order chi connectivity index (χ1) is 6.29. The molecule has 4 heteroatoms. The molecule has 1 aliphatic heterocycles. The molecule has 0 aliphatic carbocycles. The number of ether oxygens (including phenoxy) is 1. The minimum atomic E-state index is -0.159. The lowest BCUT2D eigenvalue weighted by atomic mass is 10.2. The highest BCUT2D eigenvalue weighted by atomic mass is 16.5. The molecular formula is C9H8N2O2. The second-order valence-electron chi connectivity index (χ2n) is 2.68. The maximum atomic E-state index is 10.9. The van der Waals surface area contributed by atoms with Gasteiger partial charge in [0.15, 0.2) is 5.49 Å². The Morgan fingerprint density at radius 3 is 3.08 bits per heavy atom. The summed E-state index contributed by atoms with van der Waals surface area (Å²) < 4.78 is 4.92. The Morgan fingerprint density at radius 2 is 2.31 bits per heavy atom. The normalized spacial score (nSPS) is 14.1. The van der Waals surface area contributed by atoms with Gasteiger partial charge in [-0.05, 0) is 6.07 Å². The summed E-state index contributed by atoms with van der Waals surface area (Å²) in [5.74, 6) is 0.318. The van der Waals surface area contributed by atoms with Crippen LogP contribution in [0.1, 0.15) is 6.42 Å². The van der Waals surface area contributed by atoms with E-state index in [4.69, 9.17) is 4.74 Å². The molecule has 0 spiro atoms. The van der Waals surface area contributed by atoms with Crippen LogP contribution < -0.4 is 15.4 Å². The van der Waals surface area contributed by atoms with Gasteiger partial charge in [0.1, 0.15) is 0 Å². The van der Waals surface area contributed by atoms with Crippen molar-refractivity contribution >= 4 is 12.0 Å². The lowest BCUT2D eigenvalue weighted by Gasteiger charge is -2.00. The number of aromatic nitrogens is 1. The third-order valence-electron chi connectivity index (χ3n) is 1.82. The fourth-order valence-corrected chi connectivity index (χ4v) is 1.17. The van der Waals surface area contributed by atoms with E-state index in [1.54, 1.807) is 6.07 Å². The van der Waals surface area contributed by atoms with Crippen molar-refractivity contribution in [1.82, 2.24) is 4.98 Å². The summed E-state index contributed by atoms with van der Waals surface area (Å²) in [4.78, 5) is 18.8. The van der Waals surface area contributed by atoms with E-state index in [2.05, 4.69) is 9.98 Å². The zero-order valence-corrected chi connectivity index (χ0v) is 7.15. The van der Waals surface area contributed by atoms with Crippen LogP contribution in [0.2, 0.25) is 0 Å². The fraction of sp³-hybridized carbons (Fsp3) is 0.222. The number of pyridine rings is 1. The molecule has 0 radical (unpaired) electrons. The van der Waals surface area contributed by atoms with Gasteiger partial charge in [0, 0.05) is 17.7 Å². The molecule has 2 rings (SSSR count). The molecule has 1 aromatic heterocycles. The van der Waals surface area contributed by atoms with Crippen LogP contribution in [0.15, 0.2) is 17.1 Å². The molecule has 1 aliphatic rings. The topological polar surface area (TPSA) is 51.6 Å². The van der Waals surface area contributed by atoms with E-state index in [1.165, 1.54) is 7.11 Å². The van der Waals surface area contributed by atoms with Crippen molar-refractivity contribution in [2.75, 3.05) is 7.11 Å². The van der Waals surface area contributed by atoms with Gasteiger partial charge in [0.05, 0.1) is 7.11 Å². The van der Waals surface area contributed by atoms with Crippen LogP contribution >= 0.6 is 0 Å². The van der Waals surface area contributed by atoms with Crippen LogP contribution in [0.5, 0.6) is 5.88 Å². The Morgan fingerprint density at radius 1 is 1.46 bits per heavy atom. The van der Waals surface area contributed by atoms with Crippen molar-refractivity contribution in [2.24, 2.45) is 4.99 Å². The molecule has 0 saturated heterocycles. The van der Waals surface area contributed by atoms with Crippen LogP contribution in [0.25, 0.3) is 6.08 Å². The molecule has 2 heterocycles. The Bertz CT molecular complexity index is 465. The monoisotopic (exact) mass is 176 g/mol. The van der Waals surface area contributed by atoms with E-state index in [0.29, 0.717) is 17.8 Å². The number of fused-ring (bicyclic) bond motifs is 1. The number of amides is 1. The van der Waals surface area contributed by atoms with E-state index in [9.17, 15) is 4.79 Å². The van der Waals surface area contributed by atoms with Gasteiger partial charge in [0.25, 0.3) is 5.91 Å². The second kappa shape index (κ2) is 2.97. The largest absolute Gasteiger partial charge is 0.481 e. The Balaban J connectivity index is 2.69. The van der Waals surface area contributed by atoms with Crippen LogP contribution in [0.3, 0.4) is 0 Å². The van der Waals surface area contributed by atoms with Crippen molar-refractivity contribution < 1.29 is 9.53 Å². The van der Waals surface area contributed by atoms with Crippen molar-refractivity contribution in [3.8, 4) is 5.88 Å². The first-order valence-electron chi connectivity index (χ1n) is 3.92. The summed E-state index contributed by atoms with van der Waals surface area (Å²) in [6.07, 6.45) is 2.18. The van der Waals surface area contributed by atoms with Crippen molar-refractivity contribution in [3.63, 3.8) is 0 Å². The second-order valence-corrected chi connectivity index (χ2v) is 2.68. The number of nitrogens with zero attached hydrogens (tertiary/aromatic N) is 2. The molecule has 0 bridgehead atoms. The lowest BCUT2D eigenvalue weighted by Crippen LogP contribution is -2.32. The standard InChI is InChI=1S/C9H8N2O2/c1-13-8-5-3-6-2-4-7(12)10-9(6)11-8/h2-3,5H,4H2,1H3. The summed E-state index contributed by atoms with van der Waals surface area (Å²) in [7, 11) is 1.53. The van der Waals surface area contributed by atoms with Crippen molar-refractivity contribution in [1.29, 1.82) is 0 Å². The van der Waals surface area contributed by atoms with Gasteiger partial charge in [-0.15, -0.1) is 0 Å². The van der Waals surface area contributed by atoms with E-state index >= 15 is 0 Å². The molecule has 1 amide bonds. The van der Waals surface area contributed by atoms with Crippen LogP contribution in [-0.4, -0.2) is 18.0 Å². The SMILES string of the molecule is COc1ccc2c(n1)=NC(=O)CC=2. The summed E-state index contributed by atoms with van der Waals surface area (Å²) in [6, 6.07) is 3.59. The molecule has 66 valence electrons. The quantitative estimate of drug-likeness (QED) is 0.575. The molecule has 13 heavy (non-hydrogen) atoms. The first-order valence-corrected chi connectivity index (χ1v) is 3.92. The molecule has 0 fully saturated rings. The van der Waals surface area contributed by atoms with Gasteiger partial charge < -0.3 is 4.74 Å². The fourth-order valence-electron chi connectivity index (χ4n) is 1.17. The first kappa shape index (κ1) is 7.91. The summed E-state index contributed by atoms with van der Waals surface area (Å²) in [5, 5.41) is 0.889. The van der Waals surface area contributed by atoms with Gasteiger partial charge in [-0.2, -0.15) is 9.98 Å². The van der Waals surface area contributed by atoms with Gasteiger partial charge in [-0.25, -0.2) is 0 Å². The highest BCUT2D eigenvalue weighted by Gasteiger charge is 2.03. The van der Waals surface area contributed by atoms with E-state index in [1.807, 2.05) is 12.1 Å². The number of hydrogen-bond acceptors (Lipinski definition) is 3. The lowest BCUT2D eigenvalue weighted by molar-refractivity contribution is -0.117. The van der Waals surface area contributed by atoms with E-state index in [-0.39, 0.29) is 5.91 Å². The molecule has 0 unspecified atom stereocenters. The summed E-state index contributed by atoms with van der Waals surface area (Å²) in [5.41, 5.74) is 0.454. The highest BCUT2D eigenvalue weighted by Crippen LogP contribution is 1.98. The van der Waals surface area contributed by atoms with Gasteiger partial charge in [-0.3, -0.25) is 4.79 Å². The molecule has 1 aromatic rings. The molecule has 0 atom stereocenters. The van der Waals surface area contributed by atoms with Crippen molar-refractivity contribution in [3.05, 3.63) is 22.8 Å². The Labute approximate surface area is 74.6 Å². The number of hydrogen-bond donors (Lipinski definition) is 0. The maximum Gasteiger partial charge on any atom is 0.251 e. The van der Waals surface area contributed by atoms with Crippen LogP contribution in [0, 0.1) is 0 Å². The zero-order chi connectivity index (χ0) is 9.26. The summed E-state index contributed by atoms with van der Waals surface area (Å²) in [6.45, 7) is 0. The predicted molar refractivity (Wildman–Crippen MR) is 45.7 cm³/mol. The third-order valence-corrected chi connectivity index (χ3v) is 1.82. The number of rotatable bonds is 1. The smallest absolute Gasteiger partial charge is 0.251 e. The molecule has 0 saturated carbocycles. The minimum absolute atomic E-state index is 0.159. The Kier molecular flexibility index (Phi) is 1.81. The Hall–Kier alpha value is -1.71. The van der Waals surface area contributed by atoms with Gasteiger partial charge >= 0.3 is 0 Å². The average molecular weight is 176 g/mol. The molecule has 0 N–H and O–H groups in total. The molecule has 0 aromatic carbocycles. The molecule has 4 nitrogen and oxygen atoms in total. The minimum Gasteiger partial charge on any atom is -0.481 e. The van der Waals surface area contributed by atoms with Crippen LogP contribution in [-0.2, 0) is 4.79 Å². The van der Waals surface area contributed by atoms with Gasteiger partial charge in [-0.1, -0.05) is 6.08 Å². The van der Waals surface area contributed by atoms with E-state index in [0.717, 1.165) is 5.22 Å². The number of carbonyl (C=O) groups is 1. The number of carbonyl (C=O) groups excluding carboxylic acids is 1.